The van der Waals surface area contributed by atoms with Crippen molar-refractivity contribution in [2.75, 3.05) is 26.3 Å². The van der Waals surface area contributed by atoms with Crippen molar-refractivity contribution >= 4 is 0 Å². The minimum Gasteiger partial charge on any atom is -0.380 e. The molecule has 0 radical (unpaired) electrons. The summed E-state index contributed by atoms with van der Waals surface area (Å²) in [5.74, 6) is 0. The van der Waals surface area contributed by atoms with Gasteiger partial charge in [-0.2, -0.15) is 0 Å². The Morgan fingerprint density at radius 3 is 2.87 bits per heavy atom. The molecule has 2 atom stereocenters. The molecular weight excluding hydrogens is 188 g/mol. The van der Waals surface area contributed by atoms with Crippen LogP contribution >= 0.6 is 0 Å². The van der Waals surface area contributed by atoms with Crippen molar-refractivity contribution in [1.29, 1.82) is 0 Å². The van der Waals surface area contributed by atoms with E-state index in [1.807, 2.05) is 0 Å². The topological polar surface area (TPSA) is 24.5 Å². The molecule has 0 spiro atoms. The first-order valence-corrected chi connectivity index (χ1v) is 6.21. The van der Waals surface area contributed by atoms with E-state index in [9.17, 15) is 0 Å². The molecule has 0 aliphatic carbocycles. The summed E-state index contributed by atoms with van der Waals surface area (Å²) in [4.78, 5) is 2.66. The highest BCUT2D eigenvalue weighted by atomic mass is 16.5. The minimum absolute atomic E-state index is 0.282. The molecule has 0 saturated carbocycles. The molecule has 88 valence electrons. The van der Waals surface area contributed by atoms with Crippen molar-refractivity contribution in [1.82, 2.24) is 10.2 Å². The van der Waals surface area contributed by atoms with E-state index in [2.05, 4.69) is 31.0 Å². The van der Waals surface area contributed by atoms with Crippen molar-refractivity contribution < 1.29 is 4.74 Å². The SMILES string of the molecule is CCC1CN(C2CCOC2)C(C)(C)CN1. The normalized spacial score (nSPS) is 37.0. The number of nitrogens with zero attached hydrogens (tertiary/aromatic N) is 1. The highest BCUT2D eigenvalue weighted by Crippen LogP contribution is 2.26. The van der Waals surface area contributed by atoms with Crippen LogP contribution in [0.2, 0.25) is 0 Å². The van der Waals surface area contributed by atoms with Gasteiger partial charge < -0.3 is 10.1 Å². The van der Waals surface area contributed by atoms with E-state index in [-0.39, 0.29) is 5.54 Å². The summed E-state index contributed by atoms with van der Waals surface area (Å²) in [5, 5.41) is 3.63. The van der Waals surface area contributed by atoms with Gasteiger partial charge in [-0.1, -0.05) is 6.92 Å². The minimum atomic E-state index is 0.282. The highest BCUT2D eigenvalue weighted by Gasteiger charge is 2.38. The summed E-state index contributed by atoms with van der Waals surface area (Å²) in [6.45, 7) is 11.1. The van der Waals surface area contributed by atoms with Gasteiger partial charge in [0.1, 0.15) is 0 Å². The Balaban J connectivity index is 2.03. The number of nitrogens with one attached hydrogen (secondary N) is 1. The fraction of sp³-hybridized carbons (Fsp3) is 1.00. The van der Waals surface area contributed by atoms with Crippen molar-refractivity contribution in [2.24, 2.45) is 0 Å². The molecule has 2 heterocycles. The van der Waals surface area contributed by atoms with Gasteiger partial charge in [0.05, 0.1) is 6.61 Å². The molecule has 0 aromatic heterocycles. The zero-order valence-corrected chi connectivity index (χ0v) is 10.3. The molecule has 0 bridgehead atoms. The van der Waals surface area contributed by atoms with Crippen LogP contribution in [-0.4, -0.2) is 48.8 Å². The molecule has 0 aromatic rings. The van der Waals surface area contributed by atoms with Crippen LogP contribution in [0, 0.1) is 0 Å². The lowest BCUT2D eigenvalue weighted by Gasteiger charge is -2.48. The molecule has 3 heteroatoms. The van der Waals surface area contributed by atoms with E-state index in [1.54, 1.807) is 0 Å². The third-order valence-electron chi connectivity index (χ3n) is 3.86. The molecule has 15 heavy (non-hydrogen) atoms. The van der Waals surface area contributed by atoms with Crippen LogP contribution in [0.3, 0.4) is 0 Å². The summed E-state index contributed by atoms with van der Waals surface area (Å²) in [5.41, 5.74) is 0.282. The van der Waals surface area contributed by atoms with E-state index in [4.69, 9.17) is 4.74 Å². The third-order valence-corrected chi connectivity index (χ3v) is 3.86. The lowest BCUT2D eigenvalue weighted by atomic mass is 9.94. The van der Waals surface area contributed by atoms with Gasteiger partial charge in [0.25, 0.3) is 0 Å². The van der Waals surface area contributed by atoms with Gasteiger partial charge in [0.15, 0.2) is 0 Å². The number of piperazine rings is 1. The first-order valence-electron chi connectivity index (χ1n) is 6.21. The van der Waals surface area contributed by atoms with E-state index in [0.717, 1.165) is 19.8 Å². The van der Waals surface area contributed by atoms with Gasteiger partial charge >= 0.3 is 0 Å². The van der Waals surface area contributed by atoms with Crippen LogP contribution in [0.15, 0.2) is 0 Å². The van der Waals surface area contributed by atoms with E-state index >= 15 is 0 Å². The summed E-state index contributed by atoms with van der Waals surface area (Å²) < 4.78 is 5.51. The number of rotatable bonds is 2. The highest BCUT2D eigenvalue weighted by molar-refractivity contribution is 4.96. The van der Waals surface area contributed by atoms with Gasteiger partial charge in [0, 0.05) is 37.3 Å². The molecule has 2 saturated heterocycles. The van der Waals surface area contributed by atoms with Crippen LogP contribution in [0.5, 0.6) is 0 Å². The monoisotopic (exact) mass is 212 g/mol. The number of hydrogen-bond donors (Lipinski definition) is 1. The van der Waals surface area contributed by atoms with Gasteiger partial charge in [-0.3, -0.25) is 4.90 Å². The summed E-state index contributed by atoms with van der Waals surface area (Å²) in [7, 11) is 0. The van der Waals surface area contributed by atoms with Gasteiger partial charge in [-0.05, 0) is 26.7 Å². The Morgan fingerprint density at radius 2 is 2.27 bits per heavy atom. The standard InChI is InChI=1S/C12H24N2O/c1-4-10-7-14(11-5-6-15-8-11)12(2,3)9-13-10/h10-11,13H,4-9H2,1-3H3. The van der Waals surface area contributed by atoms with Crippen LogP contribution < -0.4 is 5.32 Å². The Bertz CT molecular complexity index is 212. The Kier molecular flexibility index (Phi) is 3.33. The molecule has 0 amide bonds. The van der Waals surface area contributed by atoms with Crippen molar-refractivity contribution in [2.45, 2.75) is 51.2 Å². The average molecular weight is 212 g/mol. The molecular formula is C12H24N2O. The predicted octanol–water partition coefficient (Wildman–Crippen LogP) is 1.24. The van der Waals surface area contributed by atoms with Crippen LogP contribution in [-0.2, 0) is 4.74 Å². The molecule has 1 N–H and O–H groups in total. The van der Waals surface area contributed by atoms with E-state index in [1.165, 1.54) is 19.4 Å². The number of hydrogen-bond acceptors (Lipinski definition) is 3. The van der Waals surface area contributed by atoms with E-state index in [0.29, 0.717) is 12.1 Å². The first-order chi connectivity index (χ1) is 7.13. The molecule has 0 aromatic carbocycles. The molecule has 3 nitrogen and oxygen atoms in total. The molecule has 2 aliphatic heterocycles. The van der Waals surface area contributed by atoms with Gasteiger partial charge in [-0.25, -0.2) is 0 Å². The largest absolute Gasteiger partial charge is 0.380 e. The Labute approximate surface area is 93.2 Å². The number of ether oxygens (including phenoxy) is 1. The molecule has 2 fully saturated rings. The lowest BCUT2D eigenvalue weighted by molar-refractivity contribution is 0.0193. The Morgan fingerprint density at radius 1 is 1.47 bits per heavy atom. The fourth-order valence-corrected chi connectivity index (χ4v) is 2.73. The maximum absolute atomic E-state index is 5.51. The molecule has 2 unspecified atom stereocenters. The second-order valence-electron chi connectivity index (χ2n) is 5.47. The second kappa shape index (κ2) is 4.40. The van der Waals surface area contributed by atoms with Crippen molar-refractivity contribution in [3.63, 3.8) is 0 Å². The van der Waals surface area contributed by atoms with Gasteiger partial charge in [0.2, 0.25) is 0 Å². The maximum atomic E-state index is 5.51. The molecule has 2 rings (SSSR count). The summed E-state index contributed by atoms with van der Waals surface area (Å²) in [6, 6.07) is 1.31. The predicted molar refractivity (Wildman–Crippen MR) is 62.1 cm³/mol. The summed E-state index contributed by atoms with van der Waals surface area (Å²) in [6.07, 6.45) is 2.43. The van der Waals surface area contributed by atoms with Gasteiger partial charge in [-0.15, -0.1) is 0 Å². The third kappa shape index (κ3) is 2.35. The smallest absolute Gasteiger partial charge is 0.0622 e. The summed E-state index contributed by atoms with van der Waals surface area (Å²) >= 11 is 0. The Hall–Kier alpha value is -0.120. The van der Waals surface area contributed by atoms with Crippen molar-refractivity contribution in [3.05, 3.63) is 0 Å². The van der Waals surface area contributed by atoms with Crippen LogP contribution in [0.25, 0.3) is 0 Å². The van der Waals surface area contributed by atoms with Crippen LogP contribution in [0.4, 0.5) is 0 Å². The fourth-order valence-electron chi connectivity index (χ4n) is 2.73. The average Bonchev–Trinajstić information content (AvgIpc) is 2.70. The quantitative estimate of drug-likeness (QED) is 0.745. The molecule has 2 aliphatic rings. The maximum Gasteiger partial charge on any atom is 0.0622 e. The zero-order chi connectivity index (χ0) is 10.9. The first kappa shape index (κ1) is 11.4. The zero-order valence-electron chi connectivity index (χ0n) is 10.3. The second-order valence-corrected chi connectivity index (χ2v) is 5.47. The van der Waals surface area contributed by atoms with Crippen LogP contribution in [0.1, 0.15) is 33.6 Å². The van der Waals surface area contributed by atoms with Crippen molar-refractivity contribution in [3.8, 4) is 0 Å². The van der Waals surface area contributed by atoms with E-state index < -0.39 is 0 Å². The lowest BCUT2D eigenvalue weighted by Crippen LogP contribution is -2.64.